The topological polar surface area (TPSA) is 38.9 Å². The molecule has 0 atom stereocenters. The third-order valence-electron chi connectivity index (χ3n) is 5.05. The van der Waals surface area contributed by atoms with E-state index in [0.717, 1.165) is 44.7 Å². The summed E-state index contributed by atoms with van der Waals surface area (Å²) in [5.41, 5.74) is 4.69. The van der Waals surface area contributed by atoms with Crippen LogP contribution in [-0.4, -0.2) is 9.97 Å². The number of hydrogen-bond donors (Lipinski definition) is 0. The molecule has 3 nitrogen and oxygen atoms in total. The second-order valence-electron chi connectivity index (χ2n) is 7.35. The van der Waals surface area contributed by atoms with Gasteiger partial charge in [-0.25, -0.2) is 4.98 Å². The van der Waals surface area contributed by atoms with Crippen LogP contribution in [0.3, 0.4) is 0 Å². The normalized spacial score (nSPS) is 11.9. The van der Waals surface area contributed by atoms with Crippen LogP contribution >= 0.6 is 0 Å². The standard InChI is InChI=1S/C24H20N2O/c1-14(2)22-17-9-5-4-8-16(17)13-21(26-22)23-19-12-15(3)27-24(19)18-10-6-7-11-20(18)25-23/h4-14H,1-3H3. The van der Waals surface area contributed by atoms with Crippen LogP contribution in [-0.2, 0) is 0 Å². The number of aromatic nitrogens is 2. The van der Waals surface area contributed by atoms with Crippen molar-refractivity contribution < 1.29 is 4.42 Å². The van der Waals surface area contributed by atoms with Gasteiger partial charge in [0.2, 0.25) is 0 Å². The smallest absolute Gasteiger partial charge is 0.145 e. The van der Waals surface area contributed by atoms with Crippen LogP contribution in [0.1, 0.15) is 31.2 Å². The molecule has 0 unspecified atom stereocenters. The number of fused-ring (bicyclic) bond motifs is 4. The first-order chi connectivity index (χ1) is 13.1. The minimum Gasteiger partial charge on any atom is -0.461 e. The van der Waals surface area contributed by atoms with Gasteiger partial charge in [-0.1, -0.05) is 50.2 Å². The molecule has 0 aliphatic rings. The minimum absolute atomic E-state index is 0.330. The van der Waals surface area contributed by atoms with E-state index >= 15 is 0 Å². The molecular formula is C24H20N2O. The predicted octanol–water partition coefficient (Wildman–Crippen LogP) is 6.63. The average molecular weight is 352 g/mol. The largest absolute Gasteiger partial charge is 0.461 e. The van der Waals surface area contributed by atoms with Gasteiger partial charge in [-0.05, 0) is 42.5 Å². The number of nitrogens with zero attached hydrogens (tertiary/aromatic N) is 2. The molecule has 5 aromatic rings. The van der Waals surface area contributed by atoms with Crippen molar-refractivity contribution in [3.63, 3.8) is 0 Å². The van der Waals surface area contributed by atoms with E-state index in [9.17, 15) is 0 Å². The quantitative estimate of drug-likeness (QED) is 0.358. The molecule has 0 N–H and O–H groups in total. The van der Waals surface area contributed by atoms with Gasteiger partial charge in [0.15, 0.2) is 0 Å². The molecule has 5 rings (SSSR count). The van der Waals surface area contributed by atoms with E-state index < -0.39 is 0 Å². The molecule has 132 valence electrons. The number of benzene rings is 2. The van der Waals surface area contributed by atoms with E-state index in [2.05, 4.69) is 56.3 Å². The van der Waals surface area contributed by atoms with Crippen LogP contribution in [0.5, 0.6) is 0 Å². The van der Waals surface area contributed by atoms with Crippen molar-refractivity contribution in [3.8, 4) is 11.4 Å². The summed E-state index contributed by atoms with van der Waals surface area (Å²) in [7, 11) is 0. The summed E-state index contributed by atoms with van der Waals surface area (Å²) < 4.78 is 6.04. The fourth-order valence-corrected chi connectivity index (χ4v) is 3.82. The van der Waals surface area contributed by atoms with Crippen molar-refractivity contribution in [3.05, 3.63) is 72.1 Å². The van der Waals surface area contributed by atoms with Gasteiger partial charge in [-0.3, -0.25) is 4.98 Å². The maximum absolute atomic E-state index is 6.04. The van der Waals surface area contributed by atoms with E-state index in [4.69, 9.17) is 14.4 Å². The van der Waals surface area contributed by atoms with Gasteiger partial charge < -0.3 is 4.42 Å². The molecule has 0 aliphatic carbocycles. The van der Waals surface area contributed by atoms with Crippen molar-refractivity contribution in [1.82, 2.24) is 9.97 Å². The molecule has 3 heterocycles. The molecule has 0 radical (unpaired) electrons. The van der Waals surface area contributed by atoms with Gasteiger partial charge >= 0.3 is 0 Å². The maximum Gasteiger partial charge on any atom is 0.145 e. The molecule has 0 fully saturated rings. The average Bonchev–Trinajstić information content (AvgIpc) is 3.08. The second kappa shape index (κ2) is 5.92. The van der Waals surface area contributed by atoms with Crippen LogP contribution in [0.25, 0.3) is 44.0 Å². The number of pyridine rings is 2. The first kappa shape index (κ1) is 16.0. The van der Waals surface area contributed by atoms with Crippen molar-refractivity contribution in [2.45, 2.75) is 26.7 Å². The molecule has 0 amide bonds. The lowest BCUT2D eigenvalue weighted by molar-refractivity contribution is 0.581. The van der Waals surface area contributed by atoms with E-state index in [1.165, 1.54) is 10.8 Å². The Bertz CT molecular complexity index is 1310. The van der Waals surface area contributed by atoms with Crippen LogP contribution in [0.4, 0.5) is 0 Å². The zero-order chi connectivity index (χ0) is 18.5. The highest BCUT2D eigenvalue weighted by molar-refractivity contribution is 6.08. The highest BCUT2D eigenvalue weighted by Crippen LogP contribution is 2.36. The van der Waals surface area contributed by atoms with E-state index in [-0.39, 0.29) is 0 Å². The number of para-hydroxylation sites is 1. The Hall–Kier alpha value is -3.20. The summed E-state index contributed by atoms with van der Waals surface area (Å²) in [4.78, 5) is 10.0. The number of rotatable bonds is 2. The fraction of sp³-hybridized carbons (Fsp3) is 0.167. The molecule has 0 aliphatic heterocycles. The molecule has 27 heavy (non-hydrogen) atoms. The number of aryl methyl sites for hydroxylation is 1. The van der Waals surface area contributed by atoms with E-state index in [1.807, 2.05) is 25.1 Å². The molecule has 0 bridgehead atoms. The first-order valence-corrected chi connectivity index (χ1v) is 9.31. The van der Waals surface area contributed by atoms with Crippen LogP contribution in [0, 0.1) is 6.92 Å². The Kier molecular flexibility index (Phi) is 3.51. The zero-order valence-electron chi connectivity index (χ0n) is 15.7. The fourth-order valence-electron chi connectivity index (χ4n) is 3.82. The van der Waals surface area contributed by atoms with Gasteiger partial charge in [0, 0.05) is 16.2 Å². The van der Waals surface area contributed by atoms with E-state index in [0.29, 0.717) is 5.92 Å². The van der Waals surface area contributed by atoms with Crippen LogP contribution in [0.2, 0.25) is 0 Å². The van der Waals surface area contributed by atoms with Crippen molar-refractivity contribution in [1.29, 1.82) is 0 Å². The zero-order valence-corrected chi connectivity index (χ0v) is 15.7. The molecular weight excluding hydrogens is 332 g/mol. The summed E-state index contributed by atoms with van der Waals surface area (Å²) in [5, 5.41) is 4.45. The molecule has 3 aromatic heterocycles. The highest BCUT2D eigenvalue weighted by Gasteiger charge is 2.17. The third kappa shape index (κ3) is 2.50. The Morgan fingerprint density at radius 2 is 1.56 bits per heavy atom. The minimum atomic E-state index is 0.330. The van der Waals surface area contributed by atoms with Gasteiger partial charge in [0.05, 0.1) is 16.9 Å². The molecule has 0 spiro atoms. The lowest BCUT2D eigenvalue weighted by Crippen LogP contribution is -1.98. The summed E-state index contributed by atoms with van der Waals surface area (Å²) in [6.45, 7) is 6.35. The summed E-state index contributed by atoms with van der Waals surface area (Å²) >= 11 is 0. The molecule has 2 aromatic carbocycles. The van der Waals surface area contributed by atoms with Crippen molar-refractivity contribution in [2.75, 3.05) is 0 Å². The summed E-state index contributed by atoms with van der Waals surface area (Å²) in [6, 6.07) is 20.8. The third-order valence-corrected chi connectivity index (χ3v) is 5.05. The van der Waals surface area contributed by atoms with Gasteiger partial charge in [-0.15, -0.1) is 0 Å². The summed E-state index contributed by atoms with van der Waals surface area (Å²) in [6.07, 6.45) is 0. The van der Waals surface area contributed by atoms with Crippen molar-refractivity contribution >= 4 is 32.6 Å². The predicted molar refractivity (Wildman–Crippen MR) is 111 cm³/mol. The summed E-state index contributed by atoms with van der Waals surface area (Å²) in [5.74, 6) is 1.21. The van der Waals surface area contributed by atoms with E-state index in [1.54, 1.807) is 0 Å². The monoisotopic (exact) mass is 352 g/mol. The first-order valence-electron chi connectivity index (χ1n) is 9.31. The molecule has 3 heteroatoms. The van der Waals surface area contributed by atoms with Crippen LogP contribution in [0.15, 0.2) is 65.1 Å². The molecule has 0 saturated carbocycles. The Morgan fingerprint density at radius 3 is 2.37 bits per heavy atom. The lowest BCUT2D eigenvalue weighted by atomic mass is 9.99. The van der Waals surface area contributed by atoms with Crippen molar-refractivity contribution in [2.24, 2.45) is 0 Å². The lowest BCUT2D eigenvalue weighted by Gasteiger charge is -2.13. The van der Waals surface area contributed by atoms with Crippen LogP contribution < -0.4 is 0 Å². The Morgan fingerprint density at radius 1 is 0.815 bits per heavy atom. The maximum atomic E-state index is 6.04. The van der Waals surface area contributed by atoms with Gasteiger partial charge in [0.1, 0.15) is 17.0 Å². The number of furan rings is 1. The highest BCUT2D eigenvalue weighted by atomic mass is 16.3. The second-order valence-corrected chi connectivity index (χ2v) is 7.35. The Balaban J connectivity index is 1.90. The van der Waals surface area contributed by atoms with Gasteiger partial charge in [-0.2, -0.15) is 0 Å². The Labute approximate surface area is 157 Å². The SMILES string of the molecule is Cc1cc2c(-c3cc4ccccc4c(C(C)C)n3)nc3ccccc3c2o1. The number of hydrogen-bond acceptors (Lipinski definition) is 3. The molecule has 0 saturated heterocycles. The van der Waals surface area contributed by atoms with Gasteiger partial charge in [0.25, 0.3) is 0 Å².